The monoisotopic (exact) mass is 167 g/mol. The van der Waals surface area contributed by atoms with Crippen molar-refractivity contribution in [1.82, 2.24) is 0 Å². The van der Waals surface area contributed by atoms with E-state index in [-0.39, 0.29) is 0 Å². The molecule has 0 fully saturated rings. The fraction of sp³-hybridized carbons (Fsp3) is 0.222. The van der Waals surface area contributed by atoms with Gasteiger partial charge in [0.15, 0.2) is 11.5 Å². The smallest absolute Gasteiger partial charge is 0.161 e. The second-order valence-electron chi connectivity index (χ2n) is 2.23. The Labute approximate surface area is 70.9 Å². The summed E-state index contributed by atoms with van der Waals surface area (Å²) in [5.41, 5.74) is 0.577. The topological polar surface area (TPSA) is 35.5 Å². The van der Waals surface area contributed by atoms with E-state index >= 15 is 0 Å². The van der Waals surface area contributed by atoms with Crippen molar-refractivity contribution in [3.8, 4) is 11.5 Å². The zero-order valence-electron chi connectivity index (χ0n) is 7.03. The van der Waals surface area contributed by atoms with Gasteiger partial charge in [-0.15, -0.1) is 0 Å². The molecule has 0 spiro atoms. The lowest BCUT2D eigenvalue weighted by atomic mass is 10.2. The van der Waals surface area contributed by atoms with Crippen LogP contribution in [0, 0.1) is 0 Å². The third kappa shape index (κ3) is 1.56. The lowest BCUT2D eigenvalue weighted by Crippen LogP contribution is -1.91. The van der Waals surface area contributed by atoms with Gasteiger partial charge in [0.25, 0.3) is 0 Å². The van der Waals surface area contributed by atoms with Crippen molar-refractivity contribution in [2.75, 3.05) is 14.2 Å². The maximum Gasteiger partial charge on any atom is 0.161 e. The van der Waals surface area contributed by atoms with Crippen molar-refractivity contribution in [2.24, 2.45) is 0 Å². The number of aldehydes is 1. The van der Waals surface area contributed by atoms with Gasteiger partial charge in [-0.25, -0.2) is 0 Å². The standard InChI is InChI=1S/C9H10O3/c1-11-8-4-3-7(6-10)5-9(8)12-2/h3-6H,1-2H3/i6+1. The Hall–Kier alpha value is -1.51. The Bertz CT molecular complexity index is 281. The summed E-state index contributed by atoms with van der Waals surface area (Å²) in [7, 11) is 3.09. The summed E-state index contributed by atoms with van der Waals surface area (Å²) in [6.45, 7) is 0. The Morgan fingerprint density at radius 1 is 1.17 bits per heavy atom. The van der Waals surface area contributed by atoms with Crippen molar-refractivity contribution in [1.29, 1.82) is 0 Å². The fourth-order valence-electron chi connectivity index (χ4n) is 0.926. The first kappa shape index (κ1) is 8.59. The van der Waals surface area contributed by atoms with E-state index in [0.717, 1.165) is 6.29 Å². The zero-order chi connectivity index (χ0) is 8.97. The first-order chi connectivity index (χ1) is 5.81. The third-order valence-corrected chi connectivity index (χ3v) is 1.54. The normalized spacial score (nSPS) is 9.17. The molecule has 0 heterocycles. The maximum atomic E-state index is 10.4. The summed E-state index contributed by atoms with van der Waals surface area (Å²) in [4.78, 5) is 10.4. The van der Waals surface area contributed by atoms with Gasteiger partial charge in [-0.2, -0.15) is 0 Å². The quantitative estimate of drug-likeness (QED) is 0.505. The van der Waals surface area contributed by atoms with E-state index in [9.17, 15) is 4.79 Å². The number of hydrogen-bond acceptors (Lipinski definition) is 3. The minimum absolute atomic E-state index is 0.571. The Balaban J connectivity index is 3.10. The number of ether oxygens (including phenoxy) is 2. The molecular weight excluding hydrogens is 157 g/mol. The Kier molecular flexibility index (Phi) is 2.69. The van der Waals surface area contributed by atoms with Gasteiger partial charge in [0.2, 0.25) is 0 Å². The van der Waals surface area contributed by atoms with E-state index < -0.39 is 0 Å². The van der Waals surface area contributed by atoms with Crippen molar-refractivity contribution in [2.45, 2.75) is 0 Å². The first-order valence-electron chi connectivity index (χ1n) is 3.49. The van der Waals surface area contributed by atoms with Crippen LogP contribution in [0.5, 0.6) is 11.5 Å². The minimum atomic E-state index is 0.571. The van der Waals surface area contributed by atoms with E-state index in [1.807, 2.05) is 0 Å². The average molecular weight is 167 g/mol. The molecule has 0 unspecified atom stereocenters. The first-order valence-corrected chi connectivity index (χ1v) is 3.49. The number of benzene rings is 1. The van der Waals surface area contributed by atoms with Crippen LogP contribution >= 0.6 is 0 Å². The van der Waals surface area contributed by atoms with Gasteiger partial charge in [0.1, 0.15) is 6.29 Å². The molecule has 1 aromatic rings. The number of methoxy groups -OCH3 is 2. The second kappa shape index (κ2) is 3.76. The SMILES string of the molecule is COc1ccc([13CH]=O)cc1OC. The lowest BCUT2D eigenvalue weighted by molar-refractivity contribution is 0.112. The molecule has 0 aromatic heterocycles. The largest absolute Gasteiger partial charge is 0.493 e. The highest BCUT2D eigenvalue weighted by atomic mass is 16.5. The second-order valence-corrected chi connectivity index (χ2v) is 2.23. The highest BCUT2D eigenvalue weighted by Gasteiger charge is 2.02. The van der Waals surface area contributed by atoms with Crippen LogP contribution in [0.2, 0.25) is 0 Å². The number of hydrogen-bond donors (Lipinski definition) is 0. The number of rotatable bonds is 3. The molecule has 0 aliphatic rings. The van der Waals surface area contributed by atoms with E-state index in [2.05, 4.69) is 0 Å². The highest BCUT2D eigenvalue weighted by molar-refractivity contribution is 5.76. The zero-order valence-corrected chi connectivity index (χ0v) is 7.03. The van der Waals surface area contributed by atoms with Crippen molar-refractivity contribution >= 4 is 6.29 Å². The molecule has 0 amide bonds. The molecule has 0 atom stereocenters. The van der Waals surface area contributed by atoms with Crippen LogP contribution in [0.1, 0.15) is 10.4 Å². The summed E-state index contributed by atoms with van der Waals surface area (Å²) in [5, 5.41) is 0. The van der Waals surface area contributed by atoms with Crippen LogP contribution in [0.15, 0.2) is 18.2 Å². The van der Waals surface area contributed by atoms with E-state index in [1.165, 1.54) is 7.11 Å². The molecule has 64 valence electrons. The van der Waals surface area contributed by atoms with Gasteiger partial charge in [-0.05, 0) is 18.2 Å². The molecule has 1 aromatic carbocycles. The van der Waals surface area contributed by atoms with Gasteiger partial charge >= 0.3 is 0 Å². The Morgan fingerprint density at radius 3 is 2.33 bits per heavy atom. The van der Waals surface area contributed by atoms with Crippen LogP contribution in [-0.4, -0.2) is 20.5 Å². The lowest BCUT2D eigenvalue weighted by Gasteiger charge is -2.06. The average Bonchev–Trinajstić information content (AvgIpc) is 2.16. The van der Waals surface area contributed by atoms with Crippen molar-refractivity contribution < 1.29 is 14.3 Å². The molecule has 0 bridgehead atoms. The summed E-state index contributed by atoms with van der Waals surface area (Å²) in [6, 6.07) is 5.00. The minimum Gasteiger partial charge on any atom is -0.493 e. The van der Waals surface area contributed by atoms with Gasteiger partial charge in [0, 0.05) is 5.56 Å². The molecule has 3 nitrogen and oxygen atoms in total. The summed E-state index contributed by atoms with van der Waals surface area (Å²) >= 11 is 0. The highest BCUT2D eigenvalue weighted by Crippen LogP contribution is 2.26. The summed E-state index contributed by atoms with van der Waals surface area (Å²) in [5.74, 6) is 1.20. The molecular formula is C9H10O3. The van der Waals surface area contributed by atoms with E-state index in [0.29, 0.717) is 17.1 Å². The van der Waals surface area contributed by atoms with Gasteiger partial charge in [-0.3, -0.25) is 4.79 Å². The van der Waals surface area contributed by atoms with Crippen LogP contribution in [0.3, 0.4) is 0 Å². The van der Waals surface area contributed by atoms with Crippen LogP contribution in [-0.2, 0) is 0 Å². The summed E-state index contributed by atoms with van der Waals surface area (Å²) < 4.78 is 9.99. The van der Waals surface area contributed by atoms with Crippen LogP contribution < -0.4 is 9.47 Å². The molecule has 0 saturated carbocycles. The number of carbonyl (C=O) groups excluding carboxylic acids is 1. The van der Waals surface area contributed by atoms with Crippen LogP contribution in [0.25, 0.3) is 0 Å². The van der Waals surface area contributed by atoms with Gasteiger partial charge in [0.05, 0.1) is 14.2 Å². The molecule has 0 aliphatic carbocycles. The molecule has 1 rings (SSSR count). The molecule has 0 saturated heterocycles. The van der Waals surface area contributed by atoms with E-state index in [4.69, 9.17) is 9.47 Å². The van der Waals surface area contributed by atoms with Gasteiger partial charge in [-0.1, -0.05) is 0 Å². The molecule has 0 radical (unpaired) electrons. The number of carbonyl (C=O) groups is 1. The van der Waals surface area contributed by atoms with Gasteiger partial charge < -0.3 is 9.47 Å². The molecule has 0 aliphatic heterocycles. The van der Waals surface area contributed by atoms with Crippen molar-refractivity contribution in [3.05, 3.63) is 23.8 Å². The van der Waals surface area contributed by atoms with E-state index in [1.54, 1.807) is 25.3 Å². The predicted molar refractivity (Wildman–Crippen MR) is 44.9 cm³/mol. The molecule has 0 N–H and O–H groups in total. The predicted octanol–water partition coefficient (Wildman–Crippen LogP) is 1.52. The Morgan fingerprint density at radius 2 is 1.83 bits per heavy atom. The van der Waals surface area contributed by atoms with Crippen LogP contribution in [0.4, 0.5) is 0 Å². The third-order valence-electron chi connectivity index (χ3n) is 1.54. The maximum absolute atomic E-state index is 10.4. The fourth-order valence-corrected chi connectivity index (χ4v) is 0.926. The van der Waals surface area contributed by atoms with Crippen molar-refractivity contribution in [3.63, 3.8) is 0 Å². The summed E-state index contributed by atoms with van der Waals surface area (Å²) in [6.07, 6.45) is 0.766. The molecule has 3 heteroatoms. The molecule has 12 heavy (non-hydrogen) atoms.